The third-order valence-corrected chi connectivity index (χ3v) is 3.53. The van der Waals surface area contributed by atoms with E-state index < -0.39 is 6.29 Å². The summed E-state index contributed by atoms with van der Waals surface area (Å²) in [5.41, 5.74) is 0.910. The fraction of sp³-hybridized carbons (Fsp3) is 0.235. The van der Waals surface area contributed by atoms with Crippen molar-refractivity contribution in [2.45, 2.75) is 6.29 Å². The highest BCUT2D eigenvalue weighted by Gasteiger charge is 2.43. The van der Waals surface area contributed by atoms with Gasteiger partial charge in [-0.1, -0.05) is 0 Å². The molecule has 0 saturated heterocycles. The lowest BCUT2D eigenvalue weighted by atomic mass is 10.2. The fourth-order valence-electron chi connectivity index (χ4n) is 2.35. The Hall–Kier alpha value is -3.23. The number of hydrogen-bond donors (Lipinski definition) is 2. The lowest BCUT2D eigenvalue weighted by Gasteiger charge is -2.12. The van der Waals surface area contributed by atoms with E-state index in [1.807, 2.05) is 0 Å². The molecule has 2 aromatic carbocycles. The van der Waals surface area contributed by atoms with Gasteiger partial charge in [0.1, 0.15) is 11.5 Å². The first-order valence-electron chi connectivity index (χ1n) is 7.56. The van der Waals surface area contributed by atoms with Gasteiger partial charge < -0.3 is 29.6 Å². The van der Waals surface area contributed by atoms with Crippen molar-refractivity contribution in [1.82, 2.24) is 0 Å². The standard InChI is InChI=1S/C17H16F2N2O5/c1-23-11-4-5-12(14(8-11)24-2)20-9-16(22)21-10-3-6-13-15(7-10)26-17(18,19)25-13/h3-8,20H,9H2,1-2H3,(H,21,22). The number of carbonyl (C=O) groups is 1. The SMILES string of the molecule is COc1ccc(NCC(=O)Nc2ccc3c(c2)OC(F)(F)O3)c(OC)c1. The lowest BCUT2D eigenvalue weighted by Crippen LogP contribution is -2.25. The molecule has 0 spiro atoms. The molecule has 138 valence electrons. The zero-order chi connectivity index (χ0) is 18.7. The van der Waals surface area contributed by atoms with Crippen LogP contribution in [0.15, 0.2) is 36.4 Å². The van der Waals surface area contributed by atoms with E-state index in [1.54, 1.807) is 18.2 Å². The summed E-state index contributed by atoms with van der Waals surface area (Å²) < 4.78 is 45.0. The number of fused-ring (bicyclic) bond motifs is 1. The zero-order valence-electron chi connectivity index (χ0n) is 14.0. The first-order chi connectivity index (χ1) is 12.4. The number of alkyl halides is 2. The lowest BCUT2D eigenvalue weighted by molar-refractivity contribution is -0.286. The second kappa shape index (κ2) is 6.95. The number of nitrogens with one attached hydrogen (secondary N) is 2. The molecule has 1 heterocycles. The van der Waals surface area contributed by atoms with E-state index in [1.165, 1.54) is 32.4 Å². The van der Waals surface area contributed by atoms with Crippen molar-refractivity contribution in [3.63, 3.8) is 0 Å². The highest BCUT2D eigenvalue weighted by Crippen LogP contribution is 2.42. The largest absolute Gasteiger partial charge is 0.586 e. The summed E-state index contributed by atoms with van der Waals surface area (Å²) in [6.45, 7) is -0.0622. The normalized spacial score (nSPS) is 13.8. The molecule has 1 aliphatic heterocycles. The number of benzene rings is 2. The Labute approximate surface area is 147 Å². The fourth-order valence-corrected chi connectivity index (χ4v) is 2.35. The van der Waals surface area contributed by atoms with E-state index in [2.05, 4.69) is 20.1 Å². The summed E-state index contributed by atoms with van der Waals surface area (Å²) in [4.78, 5) is 12.1. The van der Waals surface area contributed by atoms with Crippen molar-refractivity contribution in [1.29, 1.82) is 0 Å². The smallest absolute Gasteiger partial charge is 0.497 e. The molecule has 0 aliphatic carbocycles. The average molecular weight is 366 g/mol. The monoisotopic (exact) mass is 366 g/mol. The van der Waals surface area contributed by atoms with Gasteiger partial charge in [-0.15, -0.1) is 8.78 Å². The Morgan fingerprint density at radius 1 is 1.08 bits per heavy atom. The predicted molar refractivity (Wildman–Crippen MR) is 89.3 cm³/mol. The van der Waals surface area contributed by atoms with Crippen molar-refractivity contribution in [2.75, 3.05) is 31.4 Å². The van der Waals surface area contributed by atoms with E-state index in [9.17, 15) is 13.6 Å². The Kier molecular flexibility index (Phi) is 4.70. The highest BCUT2D eigenvalue weighted by atomic mass is 19.3. The molecule has 0 aromatic heterocycles. The van der Waals surface area contributed by atoms with Crippen LogP contribution >= 0.6 is 0 Å². The van der Waals surface area contributed by atoms with Crippen LogP contribution < -0.4 is 29.6 Å². The Morgan fingerprint density at radius 2 is 1.85 bits per heavy atom. The second-order valence-corrected chi connectivity index (χ2v) is 5.30. The molecular formula is C17H16F2N2O5. The number of anilines is 2. The summed E-state index contributed by atoms with van der Waals surface area (Å²) >= 11 is 0. The van der Waals surface area contributed by atoms with Crippen molar-refractivity contribution < 1.29 is 32.5 Å². The Bertz CT molecular complexity index is 829. The topological polar surface area (TPSA) is 78.1 Å². The van der Waals surface area contributed by atoms with Crippen LogP contribution in [-0.4, -0.2) is 33.0 Å². The average Bonchev–Trinajstić information content (AvgIpc) is 2.92. The number of carbonyl (C=O) groups excluding carboxylic acids is 1. The summed E-state index contributed by atoms with van der Waals surface area (Å²) in [5.74, 6) is 0.525. The molecule has 9 heteroatoms. The Morgan fingerprint density at radius 3 is 2.58 bits per heavy atom. The highest BCUT2D eigenvalue weighted by molar-refractivity contribution is 5.94. The van der Waals surface area contributed by atoms with E-state index in [0.29, 0.717) is 22.9 Å². The summed E-state index contributed by atoms with van der Waals surface area (Å²) in [6.07, 6.45) is -3.70. The molecule has 2 aromatic rings. The van der Waals surface area contributed by atoms with Crippen molar-refractivity contribution >= 4 is 17.3 Å². The third kappa shape index (κ3) is 3.88. The summed E-state index contributed by atoms with van der Waals surface area (Å²) in [7, 11) is 3.04. The molecule has 2 N–H and O–H groups in total. The Balaban J connectivity index is 1.60. The van der Waals surface area contributed by atoms with Crippen molar-refractivity contribution in [3.8, 4) is 23.0 Å². The van der Waals surface area contributed by atoms with Crippen LogP contribution in [0.25, 0.3) is 0 Å². The van der Waals surface area contributed by atoms with Crippen LogP contribution in [-0.2, 0) is 4.79 Å². The van der Waals surface area contributed by atoms with Gasteiger partial charge in [0.2, 0.25) is 5.91 Å². The van der Waals surface area contributed by atoms with Crippen LogP contribution in [0.4, 0.5) is 20.2 Å². The molecule has 0 fully saturated rings. The quantitative estimate of drug-likeness (QED) is 0.818. The van der Waals surface area contributed by atoms with Gasteiger partial charge in [-0.05, 0) is 24.3 Å². The molecule has 0 saturated carbocycles. The minimum atomic E-state index is -3.70. The first kappa shape index (κ1) is 17.6. The van der Waals surface area contributed by atoms with Gasteiger partial charge in [-0.25, -0.2) is 0 Å². The molecule has 1 amide bonds. The van der Waals surface area contributed by atoms with Crippen LogP contribution in [0.5, 0.6) is 23.0 Å². The molecule has 0 atom stereocenters. The number of amides is 1. The number of rotatable bonds is 6. The maximum absolute atomic E-state index is 13.0. The molecule has 3 rings (SSSR count). The summed E-state index contributed by atoms with van der Waals surface area (Å²) in [6, 6.07) is 9.12. The van der Waals surface area contributed by atoms with Gasteiger partial charge in [0.15, 0.2) is 11.5 Å². The van der Waals surface area contributed by atoms with Crippen LogP contribution in [0.2, 0.25) is 0 Å². The molecular weight excluding hydrogens is 350 g/mol. The molecule has 0 unspecified atom stereocenters. The predicted octanol–water partition coefficient (Wildman–Crippen LogP) is 3.08. The van der Waals surface area contributed by atoms with Gasteiger partial charge in [0.05, 0.1) is 26.5 Å². The maximum atomic E-state index is 13.0. The molecule has 1 aliphatic rings. The minimum Gasteiger partial charge on any atom is -0.497 e. The molecule has 0 radical (unpaired) electrons. The van der Waals surface area contributed by atoms with Gasteiger partial charge in [0.25, 0.3) is 0 Å². The van der Waals surface area contributed by atoms with Gasteiger partial charge in [-0.3, -0.25) is 4.79 Å². The van der Waals surface area contributed by atoms with Gasteiger partial charge in [-0.2, -0.15) is 0 Å². The molecule has 26 heavy (non-hydrogen) atoms. The van der Waals surface area contributed by atoms with E-state index in [-0.39, 0.29) is 24.0 Å². The maximum Gasteiger partial charge on any atom is 0.586 e. The van der Waals surface area contributed by atoms with Crippen molar-refractivity contribution in [2.24, 2.45) is 0 Å². The van der Waals surface area contributed by atoms with Crippen LogP contribution in [0.1, 0.15) is 0 Å². The van der Waals surface area contributed by atoms with E-state index in [4.69, 9.17) is 9.47 Å². The van der Waals surface area contributed by atoms with Crippen molar-refractivity contribution in [3.05, 3.63) is 36.4 Å². The van der Waals surface area contributed by atoms with Gasteiger partial charge in [0, 0.05) is 17.8 Å². The number of hydrogen-bond acceptors (Lipinski definition) is 6. The zero-order valence-corrected chi connectivity index (χ0v) is 14.0. The minimum absolute atomic E-state index is 0.0622. The van der Waals surface area contributed by atoms with Crippen LogP contribution in [0, 0.1) is 0 Å². The van der Waals surface area contributed by atoms with E-state index >= 15 is 0 Å². The van der Waals surface area contributed by atoms with Gasteiger partial charge >= 0.3 is 6.29 Å². The first-order valence-corrected chi connectivity index (χ1v) is 7.56. The summed E-state index contributed by atoms with van der Waals surface area (Å²) in [5, 5.41) is 5.51. The molecule has 7 nitrogen and oxygen atoms in total. The third-order valence-electron chi connectivity index (χ3n) is 3.53. The van der Waals surface area contributed by atoms with E-state index in [0.717, 1.165) is 0 Å². The van der Waals surface area contributed by atoms with Crippen LogP contribution in [0.3, 0.4) is 0 Å². The molecule has 0 bridgehead atoms. The number of methoxy groups -OCH3 is 2. The second-order valence-electron chi connectivity index (χ2n) is 5.30. The number of ether oxygens (including phenoxy) is 4. The number of halogens is 2.